The number of hydrogen-bond donors (Lipinski definition) is 2. The van der Waals surface area contributed by atoms with Gasteiger partial charge in [-0.1, -0.05) is 18.2 Å². The zero-order valence-corrected chi connectivity index (χ0v) is 19.8. The fraction of sp³-hybridized carbons (Fsp3) is 0.222. The molecule has 180 valence electrons. The van der Waals surface area contributed by atoms with Crippen molar-refractivity contribution in [2.24, 2.45) is 5.92 Å². The summed E-state index contributed by atoms with van der Waals surface area (Å²) in [5.41, 5.74) is 2.92. The van der Waals surface area contributed by atoms with E-state index in [1.165, 1.54) is 0 Å². The summed E-state index contributed by atoms with van der Waals surface area (Å²) in [6.07, 6.45) is 0.0726. The number of anilines is 3. The third-order valence-electron chi connectivity index (χ3n) is 5.90. The standard InChI is InChI=1S/C27H27N3O5/c1-17-8-13-24(35-3)23(14-17)30-16-18(15-25(30)31)26(32)29-22-7-5-4-6-21(22)27(33)28-19-9-11-20(34-2)12-10-19/h4-14,18H,15-16H2,1-3H3,(H,28,33)(H,29,32). The van der Waals surface area contributed by atoms with Gasteiger partial charge in [-0.25, -0.2) is 0 Å². The van der Waals surface area contributed by atoms with Gasteiger partial charge in [-0.05, 0) is 61.0 Å². The zero-order valence-electron chi connectivity index (χ0n) is 19.8. The molecule has 0 radical (unpaired) electrons. The minimum Gasteiger partial charge on any atom is -0.497 e. The number of ether oxygens (including phenoxy) is 2. The predicted molar refractivity (Wildman–Crippen MR) is 134 cm³/mol. The summed E-state index contributed by atoms with van der Waals surface area (Å²) in [5.74, 6) is -0.147. The van der Waals surface area contributed by atoms with E-state index in [0.717, 1.165) is 5.56 Å². The maximum atomic E-state index is 13.1. The van der Waals surface area contributed by atoms with Crippen molar-refractivity contribution in [3.05, 3.63) is 77.9 Å². The summed E-state index contributed by atoms with van der Waals surface area (Å²) < 4.78 is 10.5. The molecular formula is C27H27N3O5. The van der Waals surface area contributed by atoms with Gasteiger partial charge in [0.25, 0.3) is 5.91 Å². The van der Waals surface area contributed by atoms with Gasteiger partial charge in [0, 0.05) is 18.7 Å². The number of aryl methyl sites for hydroxylation is 1. The molecule has 8 nitrogen and oxygen atoms in total. The third kappa shape index (κ3) is 5.27. The van der Waals surface area contributed by atoms with Crippen LogP contribution in [0.4, 0.5) is 17.1 Å². The molecule has 1 atom stereocenters. The van der Waals surface area contributed by atoms with E-state index in [9.17, 15) is 14.4 Å². The molecule has 2 N–H and O–H groups in total. The van der Waals surface area contributed by atoms with Gasteiger partial charge in [0.15, 0.2) is 0 Å². The molecular weight excluding hydrogens is 446 g/mol. The monoisotopic (exact) mass is 473 g/mol. The summed E-state index contributed by atoms with van der Waals surface area (Å²) in [5, 5.41) is 5.66. The second kappa shape index (κ2) is 10.3. The lowest BCUT2D eigenvalue weighted by molar-refractivity contribution is -0.122. The Morgan fingerprint density at radius 2 is 1.69 bits per heavy atom. The molecule has 1 aliphatic rings. The van der Waals surface area contributed by atoms with Crippen LogP contribution >= 0.6 is 0 Å². The second-order valence-corrected chi connectivity index (χ2v) is 8.30. The molecule has 1 heterocycles. The van der Waals surface area contributed by atoms with Crippen LogP contribution in [0.1, 0.15) is 22.3 Å². The number of rotatable bonds is 7. The number of amides is 3. The van der Waals surface area contributed by atoms with Crippen molar-refractivity contribution >= 4 is 34.8 Å². The average molecular weight is 474 g/mol. The molecule has 4 rings (SSSR count). The average Bonchev–Trinajstić information content (AvgIpc) is 3.26. The molecule has 0 aliphatic carbocycles. The van der Waals surface area contributed by atoms with E-state index < -0.39 is 5.92 Å². The second-order valence-electron chi connectivity index (χ2n) is 8.30. The molecule has 3 aromatic carbocycles. The van der Waals surface area contributed by atoms with E-state index in [0.29, 0.717) is 34.1 Å². The minimum absolute atomic E-state index is 0.0726. The largest absolute Gasteiger partial charge is 0.497 e. The van der Waals surface area contributed by atoms with Crippen molar-refractivity contribution in [3.8, 4) is 11.5 Å². The Kier molecular flexibility index (Phi) is 7.01. The van der Waals surface area contributed by atoms with Crippen LogP contribution in [0, 0.1) is 12.8 Å². The Bertz CT molecular complexity index is 1260. The van der Waals surface area contributed by atoms with Crippen molar-refractivity contribution < 1.29 is 23.9 Å². The molecule has 1 saturated heterocycles. The highest BCUT2D eigenvalue weighted by Gasteiger charge is 2.36. The van der Waals surface area contributed by atoms with Crippen LogP contribution in [0.25, 0.3) is 0 Å². The minimum atomic E-state index is -0.564. The number of nitrogens with zero attached hydrogens (tertiary/aromatic N) is 1. The Balaban J connectivity index is 1.47. The first-order valence-electron chi connectivity index (χ1n) is 11.2. The third-order valence-corrected chi connectivity index (χ3v) is 5.90. The number of nitrogens with one attached hydrogen (secondary N) is 2. The predicted octanol–water partition coefficient (Wildman–Crippen LogP) is 4.26. The highest BCUT2D eigenvalue weighted by molar-refractivity contribution is 6.11. The lowest BCUT2D eigenvalue weighted by Gasteiger charge is -2.20. The Hall–Kier alpha value is -4.33. The quantitative estimate of drug-likeness (QED) is 0.535. The molecule has 0 bridgehead atoms. The topological polar surface area (TPSA) is 97.0 Å². The summed E-state index contributed by atoms with van der Waals surface area (Å²) in [6, 6.07) is 19.3. The zero-order chi connectivity index (χ0) is 24.9. The Morgan fingerprint density at radius 3 is 2.40 bits per heavy atom. The maximum Gasteiger partial charge on any atom is 0.257 e. The molecule has 1 fully saturated rings. The highest BCUT2D eigenvalue weighted by Crippen LogP contribution is 2.34. The van der Waals surface area contributed by atoms with Gasteiger partial charge in [0.1, 0.15) is 11.5 Å². The van der Waals surface area contributed by atoms with E-state index in [1.54, 1.807) is 67.7 Å². The van der Waals surface area contributed by atoms with Crippen molar-refractivity contribution in [3.63, 3.8) is 0 Å². The molecule has 0 saturated carbocycles. The van der Waals surface area contributed by atoms with Gasteiger partial charge in [-0.2, -0.15) is 0 Å². The molecule has 3 aromatic rings. The summed E-state index contributed by atoms with van der Waals surface area (Å²) in [6.45, 7) is 2.16. The number of carbonyl (C=O) groups is 3. The van der Waals surface area contributed by atoms with E-state index in [-0.39, 0.29) is 30.7 Å². The van der Waals surface area contributed by atoms with E-state index in [4.69, 9.17) is 9.47 Å². The molecule has 35 heavy (non-hydrogen) atoms. The van der Waals surface area contributed by atoms with Crippen LogP contribution in [0.15, 0.2) is 66.7 Å². The Labute approximate surface area is 203 Å². The summed E-state index contributed by atoms with van der Waals surface area (Å²) >= 11 is 0. The normalized spacial score (nSPS) is 15.0. The van der Waals surface area contributed by atoms with Crippen LogP contribution < -0.4 is 25.0 Å². The maximum absolute atomic E-state index is 13.1. The summed E-state index contributed by atoms with van der Waals surface area (Å²) in [7, 11) is 3.12. The number of benzene rings is 3. The fourth-order valence-corrected chi connectivity index (χ4v) is 4.02. The number of methoxy groups -OCH3 is 2. The molecule has 1 aliphatic heterocycles. The van der Waals surface area contributed by atoms with Crippen LogP contribution in [-0.2, 0) is 9.59 Å². The molecule has 1 unspecified atom stereocenters. The smallest absolute Gasteiger partial charge is 0.257 e. The van der Waals surface area contributed by atoms with Gasteiger partial charge < -0.3 is 25.0 Å². The molecule has 0 aromatic heterocycles. The van der Waals surface area contributed by atoms with Gasteiger partial charge in [0.2, 0.25) is 11.8 Å². The first kappa shape index (κ1) is 23.8. The number of carbonyl (C=O) groups excluding carboxylic acids is 3. The van der Waals surface area contributed by atoms with Crippen molar-refractivity contribution in [1.82, 2.24) is 0 Å². The lowest BCUT2D eigenvalue weighted by atomic mass is 10.1. The van der Waals surface area contributed by atoms with Crippen LogP contribution in [0.2, 0.25) is 0 Å². The first-order chi connectivity index (χ1) is 16.9. The fourth-order valence-electron chi connectivity index (χ4n) is 4.02. The highest BCUT2D eigenvalue weighted by atomic mass is 16.5. The molecule has 0 spiro atoms. The van der Waals surface area contributed by atoms with Crippen molar-refractivity contribution in [2.75, 3.05) is 36.3 Å². The summed E-state index contributed by atoms with van der Waals surface area (Å²) in [4.78, 5) is 40.4. The van der Waals surface area contributed by atoms with Gasteiger partial charge in [-0.15, -0.1) is 0 Å². The van der Waals surface area contributed by atoms with Crippen molar-refractivity contribution in [1.29, 1.82) is 0 Å². The number of para-hydroxylation sites is 1. The SMILES string of the molecule is COc1ccc(NC(=O)c2ccccc2NC(=O)C2CC(=O)N(c3cc(C)ccc3OC)C2)cc1. The van der Waals surface area contributed by atoms with E-state index >= 15 is 0 Å². The van der Waals surface area contributed by atoms with Crippen LogP contribution in [0.5, 0.6) is 11.5 Å². The van der Waals surface area contributed by atoms with Gasteiger partial charge in [-0.3, -0.25) is 14.4 Å². The van der Waals surface area contributed by atoms with Crippen LogP contribution in [0.3, 0.4) is 0 Å². The Morgan fingerprint density at radius 1 is 0.943 bits per heavy atom. The number of hydrogen-bond acceptors (Lipinski definition) is 5. The molecule has 8 heteroatoms. The van der Waals surface area contributed by atoms with Gasteiger partial charge >= 0.3 is 0 Å². The lowest BCUT2D eigenvalue weighted by Crippen LogP contribution is -2.29. The van der Waals surface area contributed by atoms with Crippen molar-refractivity contribution in [2.45, 2.75) is 13.3 Å². The van der Waals surface area contributed by atoms with E-state index in [1.807, 2.05) is 25.1 Å². The molecule has 3 amide bonds. The van der Waals surface area contributed by atoms with E-state index in [2.05, 4.69) is 10.6 Å². The van der Waals surface area contributed by atoms with Crippen LogP contribution in [-0.4, -0.2) is 38.5 Å². The first-order valence-corrected chi connectivity index (χ1v) is 11.2. The van der Waals surface area contributed by atoms with Gasteiger partial charge in [0.05, 0.1) is 37.1 Å².